The normalized spacial score (nSPS) is 13.9. The Morgan fingerprint density at radius 1 is 1.47 bits per heavy atom. The molecule has 0 aliphatic rings. The molecule has 17 heavy (non-hydrogen) atoms. The lowest BCUT2D eigenvalue weighted by atomic mass is 9.93. The van der Waals surface area contributed by atoms with Crippen molar-refractivity contribution in [2.24, 2.45) is 0 Å². The highest BCUT2D eigenvalue weighted by molar-refractivity contribution is 7.99. The zero-order valence-electron chi connectivity index (χ0n) is 10.3. The van der Waals surface area contributed by atoms with E-state index in [1.54, 1.807) is 24.2 Å². The van der Waals surface area contributed by atoms with Crippen LogP contribution in [0.15, 0.2) is 23.6 Å². The maximum Gasteiger partial charge on any atom is 0.187 e. The van der Waals surface area contributed by atoms with Crippen molar-refractivity contribution in [3.8, 4) is 6.07 Å². The highest BCUT2D eigenvalue weighted by Gasteiger charge is 2.24. The van der Waals surface area contributed by atoms with Crippen molar-refractivity contribution in [3.63, 3.8) is 0 Å². The van der Waals surface area contributed by atoms with Gasteiger partial charge in [0.25, 0.3) is 0 Å². The van der Waals surface area contributed by atoms with E-state index in [1.165, 1.54) is 0 Å². The van der Waals surface area contributed by atoms with Crippen LogP contribution in [0, 0.1) is 11.3 Å². The van der Waals surface area contributed by atoms with Gasteiger partial charge in [0, 0.05) is 18.1 Å². The molecule has 0 aliphatic heterocycles. The van der Waals surface area contributed by atoms with Gasteiger partial charge in [-0.3, -0.25) is 0 Å². The van der Waals surface area contributed by atoms with Crippen molar-refractivity contribution >= 4 is 11.8 Å². The van der Waals surface area contributed by atoms with Crippen LogP contribution in [-0.4, -0.2) is 28.3 Å². The van der Waals surface area contributed by atoms with Crippen LogP contribution in [-0.2, 0) is 0 Å². The summed E-state index contributed by atoms with van der Waals surface area (Å²) < 4.78 is 0. The zero-order chi connectivity index (χ0) is 12.6. The molecule has 4 nitrogen and oxygen atoms in total. The summed E-state index contributed by atoms with van der Waals surface area (Å²) in [5, 5.41) is 13.1. The number of aromatic nitrogens is 2. The lowest BCUT2D eigenvalue weighted by Crippen LogP contribution is -2.40. The minimum absolute atomic E-state index is 0.377. The third kappa shape index (κ3) is 4.33. The molecule has 5 heteroatoms. The fourth-order valence-corrected chi connectivity index (χ4v) is 2.31. The Labute approximate surface area is 107 Å². The van der Waals surface area contributed by atoms with E-state index >= 15 is 0 Å². The Hall–Kier alpha value is -1.12. The predicted molar refractivity (Wildman–Crippen MR) is 69.7 cm³/mol. The average molecular weight is 250 g/mol. The van der Waals surface area contributed by atoms with Gasteiger partial charge in [-0.05, 0) is 32.4 Å². The van der Waals surface area contributed by atoms with E-state index in [1.807, 2.05) is 20.0 Å². The van der Waals surface area contributed by atoms with Gasteiger partial charge in [-0.2, -0.15) is 5.26 Å². The second-order valence-corrected chi connectivity index (χ2v) is 4.84. The fraction of sp³-hybridized carbons (Fsp3) is 0.583. The number of nitriles is 1. The molecule has 0 radical (unpaired) electrons. The van der Waals surface area contributed by atoms with Crippen LogP contribution >= 0.6 is 11.8 Å². The molecule has 92 valence electrons. The Morgan fingerprint density at radius 2 is 2.18 bits per heavy atom. The summed E-state index contributed by atoms with van der Waals surface area (Å²) in [6, 6.07) is 4.17. The van der Waals surface area contributed by atoms with E-state index in [4.69, 9.17) is 5.26 Å². The quantitative estimate of drug-likeness (QED) is 0.457. The molecule has 1 aromatic heterocycles. The van der Waals surface area contributed by atoms with Crippen LogP contribution in [0.4, 0.5) is 0 Å². The molecule has 0 bridgehead atoms. The lowest BCUT2D eigenvalue weighted by molar-refractivity contribution is 0.400. The van der Waals surface area contributed by atoms with E-state index in [2.05, 4.69) is 21.4 Å². The zero-order valence-corrected chi connectivity index (χ0v) is 11.1. The molecule has 0 spiro atoms. The summed E-state index contributed by atoms with van der Waals surface area (Å²) in [7, 11) is 1.85. The van der Waals surface area contributed by atoms with Gasteiger partial charge in [-0.1, -0.05) is 18.7 Å². The maximum absolute atomic E-state index is 9.15. The van der Waals surface area contributed by atoms with Crippen molar-refractivity contribution in [3.05, 3.63) is 18.5 Å². The summed E-state index contributed by atoms with van der Waals surface area (Å²) in [6.45, 7) is 2.03. The number of hydrogen-bond acceptors (Lipinski definition) is 5. The standard InChI is InChI=1S/C12H18N4S/c1-3-12(10-13,14-2)6-4-9-17-11-15-7-5-8-16-11/h5,7-8,14H,3-4,6,9H2,1-2H3. The van der Waals surface area contributed by atoms with Crippen LogP contribution in [0.1, 0.15) is 26.2 Å². The second-order valence-electron chi connectivity index (χ2n) is 3.78. The van der Waals surface area contributed by atoms with Gasteiger partial charge >= 0.3 is 0 Å². The molecule has 0 saturated heterocycles. The molecule has 0 aliphatic carbocycles. The maximum atomic E-state index is 9.15. The highest BCUT2D eigenvalue weighted by Crippen LogP contribution is 2.20. The first-order valence-corrected chi connectivity index (χ1v) is 6.75. The van der Waals surface area contributed by atoms with Crippen LogP contribution in [0.2, 0.25) is 0 Å². The van der Waals surface area contributed by atoms with E-state index in [0.29, 0.717) is 0 Å². The van der Waals surface area contributed by atoms with E-state index in [9.17, 15) is 0 Å². The molecule has 1 rings (SSSR count). The molecule has 1 atom stereocenters. The van der Waals surface area contributed by atoms with Crippen molar-refractivity contribution < 1.29 is 0 Å². The van der Waals surface area contributed by atoms with Gasteiger partial charge in [-0.25, -0.2) is 9.97 Å². The van der Waals surface area contributed by atoms with Gasteiger partial charge in [0.2, 0.25) is 0 Å². The molecular weight excluding hydrogens is 232 g/mol. The fourth-order valence-electron chi connectivity index (χ4n) is 1.57. The molecule has 1 aromatic rings. The minimum Gasteiger partial charge on any atom is -0.302 e. The van der Waals surface area contributed by atoms with Gasteiger partial charge in [0.05, 0.1) is 6.07 Å². The Kier molecular flexibility index (Phi) is 5.95. The molecular formula is C12H18N4S. The molecule has 0 amide bonds. The first kappa shape index (κ1) is 13.9. The van der Waals surface area contributed by atoms with Crippen molar-refractivity contribution in [1.82, 2.24) is 15.3 Å². The van der Waals surface area contributed by atoms with Crippen molar-refractivity contribution in [2.75, 3.05) is 12.8 Å². The number of nitrogens with one attached hydrogen (secondary N) is 1. The number of thioether (sulfide) groups is 1. The molecule has 1 N–H and O–H groups in total. The number of hydrogen-bond donors (Lipinski definition) is 1. The van der Waals surface area contributed by atoms with Gasteiger partial charge in [0.15, 0.2) is 5.16 Å². The Bertz CT molecular complexity index is 357. The first-order valence-electron chi connectivity index (χ1n) is 5.76. The molecule has 0 fully saturated rings. The Morgan fingerprint density at radius 3 is 2.71 bits per heavy atom. The number of rotatable bonds is 7. The largest absolute Gasteiger partial charge is 0.302 e. The lowest BCUT2D eigenvalue weighted by Gasteiger charge is -2.24. The summed E-state index contributed by atoms with van der Waals surface area (Å²) in [5.74, 6) is 0.940. The van der Waals surface area contributed by atoms with Gasteiger partial charge in [-0.15, -0.1) is 0 Å². The molecule has 0 aromatic carbocycles. The topological polar surface area (TPSA) is 61.6 Å². The van der Waals surface area contributed by atoms with Crippen LogP contribution in [0.3, 0.4) is 0 Å². The van der Waals surface area contributed by atoms with Crippen LogP contribution < -0.4 is 5.32 Å². The summed E-state index contributed by atoms with van der Waals surface area (Å²) >= 11 is 1.63. The molecule has 1 unspecified atom stereocenters. The smallest absolute Gasteiger partial charge is 0.187 e. The first-order chi connectivity index (χ1) is 8.26. The summed E-state index contributed by atoms with van der Waals surface area (Å²) in [6.07, 6.45) is 6.15. The van der Waals surface area contributed by atoms with Crippen LogP contribution in [0.5, 0.6) is 0 Å². The van der Waals surface area contributed by atoms with Crippen molar-refractivity contribution in [2.45, 2.75) is 36.9 Å². The average Bonchev–Trinajstić information content (AvgIpc) is 2.41. The molecule has 0 saturated carbocycles. The minimum atomic E-state index is -0.377. The van der Waals surface area contributed by atoms with Gasteiger partial charge < -0.3 is 5.32 Å². The third-order valence-corrected chi connectivity index (χ3v) is 3.78. The predicted octanol–water partition coefficient (Wildman–Crippen LogP) is 2.24. The highest BCUT2D eigenvalue weighted by atomic mass is 32.2. The molecule has 1 heterocycles. The van der Waals surface area contributed by atoms with E-state index in [-0.39, 0.29) is 5.54 Å². The van der Waals surface area contributed by atoms with E-state index in [0.717, 1.165) is 30.2 Å². The number of nitrogens with zero attached hydrogens (tertiary/aromatic N) is 3. The summed E-state index contributed by atoms with van der Waals surface area (Å²) in [5.41, 5.74) is -0.377. The summed E-state index contributed by atoms with van der Waals surface area (Å²) in [4.78, 5) is 8.29. The van der Waals surface area contributed by atoms with Gasteiger partial charge in [0.1, 0.15) is 5.54 Å². The Balaban J connectivity index is 2.31. The third-order valence-electron chi connectivity index (χ3n) is 2.82. The van der Waals surface area contributed by atoms with Crippen LogP contribution in [0.25, 0.3) is 0 Å². The SMILES string of the molecule is CCC(C#N)(CCCSc1ncccn1)NC. The van der Waals surface area contributed by atoms with E-state index < -0.39 is 0 Å². The van der Waals surface area contributed by atoms with Crippen molar-refractivity contribution in [1.29, 1.82) is 5.26 Å². The second kappa shape index (κ2) is 7.25. The monoisotopic (exact) mass is 250 g/mol.